The number of phenols is 2. The summed E-state index contributed by atoms with van der Waals surface area (Å²) in [6.45, 7) is 3.64. The van der Waals surface area contributed by atoms with Crippen molar-refractivity contribution in [2.45, 2.75) is 0 Å². The van der Waals surface area contributed by atoms with Crippen LogP contribution in [0.1, 0.15) is 11.1 Å². The topological polar surface area (TPSA) is 146 Å². The first-order valence-corrected chi connectivity index (χ1v) is 11.6. The van der Waals surface area contributed by atoms with Crippen molar-refractivity contribution < 1.29 is 46.0 Å². The number of benzene rings is 2. The van der Waals surface area contributed by atoms with Crippen LogP contribution >= 0.6 is 0 Å². The summed E-state index contributed by atoms with van der Waals surface area (Å²) in [5.41, 5.74) is 0.990. The molecule has 0 unspecified atom stereocenters. The minimum Gasteiger partial charge on any atom is -0.508 e. The smallest absolute Gasteiger partial charge is 0.226 e. The molecule has 10 nitrogen and oxygen atoms in total. The number of aromatic hydroxyl groups is 2. The molecule has 12 heteroatoms. The number of hydrogen-bond donors (Lipinski definition) is 2. The molecule has 0 spiro atoms. The molecule has 0 amide bonds. The van der Waals surface area contributed by atoms with Gasteiger partial charge in [0, 0.05) is 29.7 Å². The Morgan fingerprint density at radius 3 is 1.45 bits per heavy atom. The highest BCUT2D eigenvalue weighted by molar-refractivity contribution is 8.15. The molecule has 2 N–H and O–H groups in total. The van der Waals surface area contributed by atoms with E-state index in [-0.39, 0.29) is 33.3 Å². The lowest BCUT2D eigenvalue weighted by atomic mass is 10.1. The van der Waals surface area contributed by atoms with Gasteiger partial charge in [0.1, 0.15) is 34.5 Å². The fourth-order valence-corrected chi connectivity index (χ4v) is 3.98. The van der Waals surface area contributed by atoms with Crippen molar-refractivity contribution in [3.05, 3.63) is 47.4 Å². The molecular formula is C21H24O10S2. The molecule has 180 valence electrons. The Morgan fingerprint density at radius 2 is 1.15 bits per heavy atom. The highest BCUT2D eigenvalue weighted by atomic mass is 32.2. The zero-order chi connectivity index (χ0) is 25.2. The maximum atomic E-state index is 11.4. The second kappa shape index (κ2) is 12.4. The summed E-state index contributed by atoms with van der Waals surface area (Å²) in [6.07, 6.45) is 2.74. The van der Waals surface area contributed by atoms with Crippen LogP contribution in [0.15, 0.2) is 36.3 Å². The van der Waals surface area contributed by atoms with Crippen LogP contribution in [0.3, 0.4) is 0 Å². The normalized spacial score (nSPS) is 10.5. The second-order valence-corrected chi connectivity index (χ2v) is 8.72. The molecule has 0 aliphatic carbocycles. The molecule has 0 atom stereocenters. The molecule has 0 heterocycles. The van der Waals surface area contributed by atoms with Gasteiger partial charge < -0.3 is 29.2 Å². The predicted octanol–water partition coefficient (Wildman–Crippen LogP) is 2.49. The van der Waals surface area contributed by atoms with Crippen molar-refractivity contribution in [1.82, 2.24) is 0 Å². The Kier molecular flexibility index (Phi) is 10.3. The average molecular weight is 501 g/mol. The van der Waals surface area contributed by atoms with Crippen LogP contribution in [-0.2, 0) is 20.1 Å². The van der Waals surface area contributed by atoms with Crippen LogP contribution in [0.2, 0.25) is 0 Å². The highest BCUT2D eigenvalue weighted by Gasteiger charge is 2.12. The van der Waals surface area contributed by atoms with Crippen LogP contribution in [-0.4, -0.2) is 60.2 Å². The molecule has 2 rings (SSSR count). The third-order valence-corrected chi connectivity index (χ3v) is 6.12. The van der Waals surface area contributed by atoms with Gasteiger partial charge in [-0.3, -0.25) is 0 Å². The number of methoxy groups -OCH3 is 4. The van der Waals surface area contributed by atoms with E-state index in [0.29, 0.717) is 16.9 Å². The quantitative estimate of drug-likeness (QED) is 0.518. The highest BCUT2D eigenvalue weighted by Crippen LogP contribution is 2.35. The van der Waals surface area contributed by atoms with E-state index in [4.69, 9.17) is 18.9 Å². The summed E-state index contributed by atoms with van der Waals surface area (Å²) in [4.78, 5) is 0. The number of phenolic OH excluding ortho intramolecular Hbond substituents is 2. The Morgan fingerprint density at radius 1 is 0.788 bits per heavy atom. The van der Waals surface area contributed by atoms with Crippen molar-refractivity contribution in [3.8, 4) is 34.5 Å². The second-order valence-electron chi connectivity index (χ2n) is 5.98. The Hall–Kier alpha value is -3.64. The minimum absolute atomic E-state index is 0.110. The van der Waals surface area contributed by atoms with Gasteiger partial charge in [0.25, 0.3) is 0 Å². The average Bonchev–Trinajstić information content (AvgIpc) is 2.76. The lowest BCUT2D eigenvalue weighted by Gasteiger charge is -2.10. The molecule has 0 saturated carbocycles. The van der Waals surface area contributed by atoms with Crippen molar-refractivity contribution in [1.29, 1.82) is 0 Å². The molecule has 0 radical (unpaired) electrons. The van der Waals surface area contributed by atoms with Crippen molar-refractivity contribution in [2.24, 2.45) is 0 Å². The SMILES string of the molecule is C=Cc1c(OC)cc(O)cc1OC.COc1cc(O)cc(OC)c1C=CS(=O)(=O)C=S(=O)=O. The molecule has 2 aromatic carbocycles. The van der Waals surface area contributed by atoms with Gasteiger partial charge in [-0.25, -0.2) is 8.42 Å². The third kappa shape index (κ3) is 8.09. The molecule has 2 aromatic rings. The first kappa shape index (κ1) is 27.4. The molecule has 0 bridgehead atoms. The van der Waals surface area contributed by atoms with Crippen LogP contribution < -0.4 is 18.9 Å². The maximum absolute atomic E-state index is 11.4. The summed E-state index contributed by atoms with van der Waals surface area (Å²) < 4.78 is 63.8. The molecule has 0 aliphatic rings. The van der Waals surface area contributed by atoms with E-state index in [1.165, 1.54) is 52.7 Å². The summed E-state index contributed by atoms with van der Waals surface area (Å²) in [5, 5.41) is 19.4. The molecule has 0 fully saturated rings. The monoisotopic (exact) mass is 500 g/mol. The largest absolute Gasteiger partial charge is 0.508 e. The van der Waals surface area contributed by atoms with Gasteiger partial charge >= 0.3 is 0 Å². The Bertz CT molecular complexity index is 1200. The number of rotatable bonds is 8. The lowest BCUT2D eigenvalue weighted by Crippen LogP contribution is -1.97. The molecule has 33 heavy (non-hydrogen) atoms. The third-order valence-electron chi connectivity index (χ3n) is 3.90. The number of sulfone groups is 1. The van der Waals surface area contributed by atoms with Crippen LogP contribution in [0, 0.1) is 0 Å². The standard InChI is InChI=1S/C11H12O7S2.C10H12O3/c1-17-10-5-8(12)6-11(18-2)9(10)3-4-20(15,16)7-19(13)14;1-4-8-9(12-2)5-7(11)6-10(8)13-3/h3-7,12H,1-2H3;4-6,11H,1H2,2-3H3. The first-order chi connectivity index (χ1) is 15.5. The van der Waals surface area contributed by atoms with Crippen LogP contribution in [0.5, 0.6) is 34.5 Å². The molecule has 0 saturated heterocycles. The molecule has 0 aliphatic heterocycles. The van der Waals surface area contributed by atoms with E-state index in [9.17, 15) is 27.0 Å². The van der Waals surface area contributed by atoms with E-state index >= 15 is 0 Å². The van der Waals surface area contributed by atoms with Crippen molar-refractivity contribution >= 4 is 37.0 Å². The van der Waals surface area contributed by atoms with Gasteiger partial charge in [-0.1, -0.05) is 12.7 Å². The zero-order valence-corrected chi connectivity index (χ0v) is 19.9. The summed E-state index contributed by atoms with van der Waals surface area (Å²) in [6, 6.07) is 5.56. The van der Waals surface area contributed by atoms with Gasteiger partial charge in [0.2, 0.25) is 20.1 Å². The molecule has 0 aromatic heterocycles. The van der Waals surface area contributed by atoms with Crippen LogP contribution in [0.4, 0.5) is 0 Å². The van der Waals surface area contributed by atoms with Gasteiger partial charge in [-0.05, 0) is 6.08 Å². The van der Waals surface area contributed by atoms with Gasteiger partial charge in [0.05, 0.1) is 39.6 Å². The number of hydrogen-bond acceptors (Lipinski definition) is 10. The van der Waals surface area contributed by atoms with E-state index < -0.39 is 20.1 Å². The summed E-state index contributed by atoms with van der Waals surface area (Å²) in [7, 11) is -1.14. The van der Waals surface area contributed by atoms with Crippen LogP contribution in [0.25, 0.3) is 12.2 Å². The molecular weight excluding hydrogens is 476 g/mol. The predicted molar refractivity (Wildman–Crippen MR) is 125 cm³/mol. The summed E-state index contributed by atoms with van der Waals surface area (Å²) >= 11 is 0. The van der Waals surface area contributed by atoms with Crippen molar-refractivity contribution in [3.63, 3.8) is 0 Å². The van der Waals surface area contributed by atoms with E-state index in [1.807, 2.05) is 0 Å². The fraction of sp³-hybridized carbons (Fsp3) is 0.190. The van der Waals surface area contributed by atoms with Crippen molar-refractivity contribution in [2.75, 3.05) is 28.4 Å². The fourth-order valence-electron chi connectivity index (χ4n) is 2.52. The van der Waals surface area contributed by atoms with Gasteiger partial charge in [-0.2, -0.15) is 8.42 Å². The summed E-state index contributed by atoms with van der Waals surface area (Å²) in [5.74, 6) is 1.44. The van der Waals surface area contributed by atoms with Gasteiger partial charge in [-0.15, -0.1) is 0 Å². The van der Waals surface area contributed by atoms with E-state index in [0.717, 1.165) is 11.6 Å². The minimum atomic E-state index is -4.03. The number of ether oxygens (including phenoxy) is 4. The maximum Gasteiger partial charge on any atom is 0.226 e. The lowest BCUT2D eigenvalue weighted by molar-refractivity contribution is 0.383. The van der Waals surface area contributed by atoms with E-state index in [2.05, 4.69) is 6.58 Å². The Balaban J connectivity index is 0.000000361. The van der Waals surface area contributed by atoms with E-state index in [1.54, 1.807) is 6.08 Å². The van der Waals surface area contributed by atoms with Gasteiger partial charge in [0.15, 0.2) is 4.70 Å². The zero-order valence-electron chi connectivity index (χ0n) is 18.3. The first-order valence-electron chi connectivity index (χ1n) is 8.90. The Labute approximate surface area is 193 Å².